The van der Waals surface area contributed by atoms with Crippen LogP contribution in [-0.2, 0) is 4.74 Å². The van der Waals surface area contributed by atoms with Crippen molar-refractivity contribution in [1.82, 2.24) is 10.1 Å². The first-order valence-corrected chi connectivity index (χ1v) is 6.00. The topological polar surface area (TPSA) is 92.9 Å². The predicted octanol–water partition coefficient (Wildman–Crippen LogP) is 1.01. The van der Waals surface area contributed by atoms with Crippen molar-refractivity contribution >= 4 is 11.9 Å². The van der Waals surface area contributed by atoms with Crippen LogP contribution in [0.25, 0.3) is 0 Å². The Balaban J connectivity index is 2.12. The van der Waals surface area contributed by atoms with Crippen LogP contribution in [-0.4, -0.2) is 52.8 Å². The summed E-state index contributed by atoms with van der Waals surface area (Å²) in [5.74, 6) is -1.92. The Labute approximate surface area is 110 Å². The molecule has 1 aliphatic rings. The molecule has 7 nitrogen and oxygen atoms in total. The summed E-state index contributed by atoms with van der Waals surface area (Å²) in [6.45, 7) is 3.00. The van der Waals surface area contributed by atoms with E-state index in [2.05, 4.69) is 9.68 Å². The molecule has 1 N–H and O–H groups in total. The van der Waals surface area contributed by atoms with Crippen LogP contribution >= 0.6 is 0 Å². The first-order valence-electron chi connectivity index (χ1n) is 6.00. The van der Waals surface area contributed by atoms with E-state index in [0.717, 1.165) is 18.9 Å². The van der Waals surface area contributed by atoms with E-state index in [1.54, 1.807) is 12.0 Å². The number of hydrogen-bond donors (Lipinski definition) is 1. The summed E-state index contributed by atoms with van der Waals surface area (Å²) >= 11 is 0. The third-order valence-electron chi connectivity index (χ3n) is 3.38. The molecule has 1 atom stereocenters. The minimum atomic E-state index is -1.24. The lowest BCUT2D eigenvalue weighted by Crippen LogP contribution is -2.49. The fourth-order valence-corrected chi connectivity index (χ4v) is 2.18. The molecule has 1 saturated heterocycles. The summed E-state index contributed by atoms with van der Waals surface area (Å²) in [6.07, 6.45) is 1.71. The van der Waals surface area contributed by atoms with Gasteiger partial charge in [-0.05, 0) is 19.8 Å². The van der Waals surface area contributed by atoms with E-state index in [-0.39, 0.29) is 23.0 Å². The fraction of sp³-hybridized carbons (Fsp3) is 0.583. The van der Waals surface area contributed by atoms with Crippen molar-refractivity contribution < 1.29 is 24.0 Å². The third-order valence-corrected chi connectivity index (χ3v) is 3.38. The molecule has 1 amide bonds. The first kappa shape index (κ1) is 13.5. The Hall–Kier alpha value is -1.89. The molecule has 1 fully saturated rings. The van der Waals surface area contributed by atoms with Crippen molar-refractivity contribution in [3.05, 3.63) is 17.5 Å². The Morgan fingerprint density at radius 2 is 2.32 bits per heavy atom. The molecular weight excluding hydrogens is 252 g/mol. The molecule has 0 radical (unpaired) electrons. The average Bonchev–Trinajstić information content (AvgIpc) is 2.87. The van der Waals surface area contributed by atoms with E-state index >= 15 is 0 Å². The van der Waals surface area contributed by atoms with Crippen LogP contribution in [0.1, 0.15) is 40.8 Å². The minimum absolute atomic E-state index is 0.0118. The van der Waals surface area contributed by atoms with Crippen molar-refractivity contribution in [2.45, 2.75) is 25.4 Å². The average molecular weight is 268 g/mol. The highest BCUT2D eigenvalue weighted by Gasteiger charge is 2.34. The van der Waals surface area contributed by atoms with Crippen LogP contribution in [0.3, 0.4) is 0 Å². The minimum Gasteiger partial charge on any atom is -0.475 e. The number of ether oxygens (including phenoxy) is 1. The molecule has 0 aliphatic carbocycles. The lowest BCUT2D eigenvalue weighted by Gasteiger charge is -2.39. The maximum absolute atomic E-state index is 12.2. The summed E-state index contributed by atoms with van der Waals surface area (Å²) < 4.78 is 9.99. The number of likely N-dealkylation sites (tertiary alicyclic amines) is 1. The van der Waals surface area contributed by atoms with Gasteiger partial charge in [-0.1, -0.05) is 5.16 Å². The number of carbonyl (C=O) groups excluding carboxylic acids is 1. The maximum Gasteiger partial charge on any atom is 0.374 e. The number of nitrogens with zero attached hydrogens (tertiary/aromatic N) is 2. The van der Waals surface area contributed by atoms with Gasteiger partial charge >= 0.3 is 5.97 Å². The normalized spacial score (nSPS) is 23.4. The Morgan fingerprint density at radius 3 is 2.89 bits per heavy atom. The van der Waals surface area contributed by atoms with E-state index < -0.39 is 5.97 Å². The highest BCUT2D eigenvalue weighted by Crippen LogP contribution is 2.24. The van der Waals surface area contributed by atoms with Crippen LogP contribution in [0.2, 0.25) is 0 Å². The van der Waals surface area contributed by atoms with Crippen LogP contribution < -0.4 is 0 Å². The number of piperidine rings is 1. The molecule has 1 aromatic heterocycles. The van der Waals surface area contributed by atoms with Crippen LogP contribution in [0.5, 0.6) is 0 Å². The Kier molecular flexibility index (Phi) is 3.57. The zero-order valence-corrected chi connectivity index (χ0v) is 10.9. The number of aromatic carboxylic acids is 1. The van der Waals surface area contributed by atoms with Gasteiger partial charge in [0.05, 0.1) is 5.60 Å². The summed E-state index contributed by atoms with van der Waals surface area (Å²) in [4.78, 5) is 24.5. The predicted molar refractivity (Wildman–Crippen MR) is 64.0 cm³/mol. The maximum atomic E-state index is 12.2. The van der Waals surface area contributed by atoms with Gasteiger partial charge in [0, 0.05) is 26.3 Å². The smallest absolute Gasteiger partial charge is 0.374 e. The van der Waals surface area contributed by atoms with Crippen molar-refractivity contribution in [1.29, 1.82) is 0 Å². The molecular formula is C12H16N2O5. The molecule has 1 unspecified atom stereocenters. The van der Waals surface area contributed by atoms with Crippen molar-refractivity contribution in [2.24, 2.45) is 0 Å². The zero-order chi connectivity index (χ0) is 14.0. The molecule has 1 aliphatic heterocycles. The second kappa shape index (κ2) is 5.00. The van der Waals surface area contributed by atoms with Gasteiger partial charge in [0.25, 0.3) is 5.91 Å². The molecule has 0 spiro atoms. The largest absolute Gasteiger partial charge is 0.475 e. The molecule has 2 rings (SSSR count). The number of carboxylic acids is 1. The number of hydrogen-bond acceptors (Lipinski definition) is 5. The summed E-state index contributed by atoms with van der Waals surface area (Å²) in [6, 6.07) is 1.14. The lowest BCUT2D eigenvalue weighted by atomic mass is 9.94. The first-order chi connectivity index (χ1) is 8.95. The molecule has 1 aromatic rings. The highest BCUT2D eigenvalue weighted by molar-refractivity contribution is 5.94. The van der Waals surface area contributed by atoms with E-state index in [9.17, 15) is 9.59 Å². The lowest BCUT2D eigenvalue weighted by molar-refractivity contribution is -0.0441. The number of carbonyl (C=O) groups is 2. The second-order valence-corrected chi connectivity index (χ2v) is 4.87. The highest BCUT2D eigenvalue weighted by atomic mass is 16.5. The molecule has 2 heterocycles. The standard InChI is InChI=1S/C12H16N2O5/c1-12(18-2)4-3-5-14(7-12)10(15)8-6-9(11(16)17)19-13-8/h6H,3-5,7H2,1-2H3,(H,16,17). The second-order valence-electron chi connectivity index (χ2n) is 4.87. The Morgan fingerprint density at radius 1 is 1.58 bits per heavy atom. The third kappa shape index (κ3) is 2.76. The van der Waals surface area contributed by atoms with Crippen molar-refractivity contribution in [3.8, 4) is 0 Å². The molecule has 0 aromatic carbocycles. The number of methoxy groups -OCH3 is 1. The van der Waals surface area contributed by atoms with E-state index in [4.69, 9.17) is 9.84 Å². The van der Waals surface area contributed by atoms with E-state index in [1.165, 1.54) is 0 Å². The van der Waals surface area contributed by atoms with Gasteiger partial charge in [0.15, 0.2) is 5.69 Å². The molecule has 19 heavy (non-hydrogen) atoms. The van der Waals surface area contributed by atoms with Crippen LogP contribution in [0, 0.1) is 0 Å². The quantitative estimate of drug-likeness (QED) is 0.879. The van der Waals surface area contributed by atoms with Crippen molar-refractivity contribution in [3.63, 3.8) is 0 Å². The SMILES string of the molecule is COC1(C)CCCN(C(=O)c2cc(C(=O)O)on2)C1. The Bertz CT molecular complexity index is 498. The number of amides is 1. The van der Waals surface area contributed by atoms with Gasteiger partial charge in [-0.2, -0.15) is 0 Å². The van der Waals surface area contributed by atoms with Gasteiger partial charge in [-0.15, -0.1) is 0 Å². The summed E-state index contributed by atoms with van der Waals surface area (Å²) in [5, 5.41) is 12.2. The summed E-state index contributed by atoms with van der Waals surface area (Å²) in [5.41, 5.74) is -0.356. The molecule has 0 bridgehead atoms. The zero-order valence-electron chi connectivity index (χ0n) is 10.9. The molecule has 7 heteroatoms. The van der Waals surface area contributed by atoms with Gasteiger partial charge in [0.1, 0.15) is 0 Å². The van der Waals surface area contributed by atoms with E-state index in [1.807, 2.05) is 6.92 Å². The summed E-state index contributed by atoms with van der Waals surface area (Å²) in [7, 11) is 1.62. The van der Waals surface area contributed by atoms with Gasteiger partial charge < -0.3 is 19.3 Å². The van der Waals surface area contributed by atoms with E-state index in [0.29, 0.717) is 13.1 Å². The van der Waals surface area contributed by atoms with Gasteiger partial charge in [0.2, 0.25) is 5.76 Å². The van der Waals surface area contributed by atoms with Gasteiger partial charge in [-0.3, -0.25) is 4.79 Å². The van der Waals surface area contributed by atoms with Crippen molar-refractivity contribution in [2.75, 3.05) is 20.2 Å². The van der Waals surface area contributed by atoms with Crippen LogP contribution in [0.15, 0.2) is 10.6 Å². The fourth-order valence-electron chi connectivity index (χ4n) is 2.18. The molecule has 0 saturated carbocycles. The number of carboxylic acid groups (broad SMARTS) is 1. The number of aromatic nitrogens is 1. The monoisotopic (exact) mass is 268 g/mol. The van der Waals surface area contributed by atoms with Crippen LogP contribution in [0.4, 0.5) is 0 Å². The van der Waals surface area contributed by atoms with Gasteiger partial charge in [-0.25, -0.2) is 4.79 Å². The molecule has 104 valence electrons. The number of rotatable bonds is 3.